The molecule has 3 N–H and O–H groups in total. The molecule has 0 aliphatic carbocycles. The number of aromatic nitrogens is 2. The second-order valence-corrected chi connectivity index (χ2v) is 12.8. The van der Waals surface area contributed by atoms with Gasteiger partial charge in [0.2, 0.25) is 0 Å². The number of anilines is 2. The highest BCUT2D eigenvalue weighted by Gasteiger charge is 2.50. The largest absolute Gasteiger partial charge is 0.508 e. The quantitative estimate of drug-likeness (QED) is 0.446. The number of benzene rings is 1. The molecule has 0 saturated carbocycles. The highest BCUT2D eigenvalue weighted by molar-refractivity contribution is 6.32. The predicted octanol–water partition coefficient (Wildman–Crippen LogP) is 3.37. The Labute approximate surface area is 251 Å². The lowest BCUT2D eigenvalue weighted by atomic mass is 9.95. The van der Waals surface area contributed by atoms with Crippen LogP contribution in [0.4, 0.5) is 24.7 Å². The number of nitrogens with one attached hydrogen (secondary N) is 1. The molecule has 0 unspecified atom stereocenters. The highest BCUT2D eigenvalue weighted by Crippen LogP contribution is 2.46. The fourth-order valence-corrected chi connectivity index (χ4v) is 8.23. The summed E-state index contributed by atoms with van der Waals surface area (Å²) in [6, 6.07) is 2.39. The lowest BCUT2D eigenvalue weighted by molar-refractivity contribution is -0.137. The van der Waals surface area contributed by atoms with E-state index in [0.717, 1.165) is 62.1 Å². The molecule has 232 valence electrons. The van der Waals surface area contributed by atoms with Crippen molar-refractivity contribution in [3.63, 3.8) is 0 Å². The summed E-state index contributed by atoms with van der Waals surface area (Å²) in [6.07, 6.45) is 1.06. The maximum absolute atomic E-state index is 14.1. The van der Waals surface area contributed by atoms with Crippen molar-refractivity contribution < 1.29 is 32.9 Å². The van der Waals surface area contributed by atoms with Crippen LogP contribution < -0.4 is 19.9 Å². The molecule has 43 heavy (non-hydrogen) atoms. The van der Waals surface area contributed by atoms with Gasteiger partial charge in [-0.15, -0.1) is 0 Å². The summed E-state index contributed by atoms with van der Waals surface area (Å²) < 4.78 is 48.5. The molecule has 1 aromatic heterocycles. The molecule has 7 rings (SSSR count). The average molecular weight is 623 g/mol. The van der Waals surface area contributed by atoms with Crippen LogP contribution in [0.1, 0.15) is 60.1 Å². The summed E-state index contributed by atoms with van der Waals surface area (Å²) in [4.78, 5) is 28.8. The normalized spacial score (nSPS) is 28.9. The summed E-state index contributed by atoms with van der Waals surface area (Å²) in [6.45, 7) is 2.55. The molecule has 1 aromatic carbocycles. The summed E-state index contributed by atoms with van der Waals surface area (Å²) in [7, 11) is 0. The summed E-state index contributed by atoms with van der Waals surface area (Å²) in [5.41, 5.74) is -1.38. The summed E-state index contributed by atoms with van der Waals surface area (Å²) in [5, 5.41) is 22.9. The van der Waals surface area contributed by atoms with Gasteiger partial charge >= 0.3 is 12.2 Å². The van der Waals surface area contributed by atoms with E-state index < -0.39 is 34.1 Å². The molecule has 6 heterocycles. The Bertz CT molecular complexity index is 1430. The molecule has 0 spiro atoms. The van der Waals surface area contributed by atoms with Crippen molar-refractivity contribution in [3.05, 3.63) is 34.0 Å². The van der Waals surface area contributed by atoms with Gasteiger partial charge in [0.15, 0.2) is 0 Å². The molecule has 0 radical (unpaired) electrons. The van der Waals surface area contributed by atoms with Gasteiger partial charge in [0.05, 0.1) is 28.4 Å². The van der Waals surface area contributed by atoms with Crippen LogP contribution in [0.15, 0.2) is 12.1 Å². The molecular formula is C29H34ClF3N6O4. The van der Waals surface area contributed by atoms with Crippen molar-refractivity contribution in [3.8, 4) is 11.8 Å². The number of phenolic OH excluding ortho intramolecular Hbond substituents is 1. The Kier molecular flexibility index (Phi) is 7.14. The number of aliphatic hydroxyl groups excluding tert-OH is 1. The van der Waals surface area contributed by atoms with E-state index in [4.69, 9.17) is 21.3 Å². The first-order valence-electron chi connectivity index (χ1n) is 14.9. The first-order chi connectivity index (χ1) is 20.6. The van der Waals surface area contributed by atoms with Gasteiger partial charge < -0.3 is 30.1 Å². The zero-order chi connectivity index (χ0) is 30.1. The molecule has 14 heteroatoms. The molecule has 2 bridgehead atoms. The van der Waals surface area contributed by atoms with Crippen LogP contribution in [0.2, 0.25) is 5.02 Å². The van der Waals surface area contributed by atoms with Crippen LogP contribution in [0.3, 0.4) is 0 Å². The zero-order valence-corrected chi connectivity index (χ0v) is 24.3. The monoisotopic (exact) mass is 622 g/mol. The van der Waals surface area contributed by atoms with Gasteiger partial charge in [-0.3, -0.25) is 9.69 Å². The number of carbonyl (C=O) groups excluding carboxylic acids is 1. The number of piperazine rings is 1. The first kappa shape index (κ1) is 28.9. The third-order valence-electron chi connectivity index (χ3n) is 9.86. The number of amides is 1. The van der Waals surface area contributed by atoms with E-state index in [0.29, 0.717) is 24.5 Å². The van der Waals surface area contributed by atoms with E-state index in [2.05, 4.69) is 20.1 Å². The van der Waals surface area contributed by atoms with Gasteiger partial charge in [0.25, 0.3) is 5.91 Å². The van der Waals surface area contributed by atoms with Gasteiger partial charge in [0, 0.05) is 49.4 Å². The van der Waals surface area contributed by atoms with Crippen LogP contribution in [-0.2, 0) is 12.6 Å². The number of ether oxygens (including phenoxy) is 1. The number of hydrogen-bond donors (Lipinski definition) is 3. The standard InChI is InChI=1S/C29H34ClF3N6O4/c30-21-10-19(41)11-22(23(21)29(31,32)33)38-9-5-20-24(26(38)42)35-27(36-25(20)37-12-16-2-3-17(13-37)34-16)43-15-28-6-1-8-39(28)18(14-40)4-7-28/h10-11,16-18,34,40-41H,1-9,12-15H2/t16-,17+,18-,28-/m1/s1. The van der Waals surface area contributed by atoms with Crippen molar-refractivity contribution in [2.45, 2.75) is 74.8 Å². The molecule has 4 fully saturated rings. The van der Waals surface area contributed by atoms with Gasteiger partial charge in [-0.05, 0) is 57.6 Å². The first-order valence-corrected chi connectivity index (χ1v) is 15.3. The molecule has 5 aliphatic heterocycles. The van der Waals surface area contributed by atoms with Gasteiger partial charge in [-0.2, -0.15) is 23.1 Å². The Morgan fingerprint density at radius 1 is 1.12 bits per heavy atom. The number of nitrogens with zero attached hydrogens (tertiary/aromatic N) is 5. The van der Waals surface area contributed by atoms with Crippen molar-refractivity contribution in [2.75, 3.05) is 49.2 Å². The second kappa shape index (κ2) is 10.6. The molecule has 1 amide bonds. The molecular weight excluding hydrogens is 589 g/mol. The van der Waals surface area contributed by atoms with Gasteiger partial charge in [0.1, 0.15) is 23.9 Å². The van der Waals surface area contributed by atoms with Crippen molar-refractivity contribution in [2.24, 2.45) is 0 Å². The minimum absolute atomic E-state index is 0.00786. The SMILES string of the molecule is O=C1c2nc(OC[C@]34CCCN3[C@@H](CO)CC4)nc(N3C[C@H]4CC[C@@H](C3)N4)c2CCN1c1cc(O)cc(Cl)c1C(F)(F)F. The van der Waals surface area contributed by atoms with Crippen LogP contribution in [0, 0.1) is 0 Å². The molecule has 4 atom stereocenters. The number of phenols is 1. The number of hydrogen-bond acceptors (Lipinski definition) is 9. The van der Waals surface area contributed by atoms with E-state index in [1.54, 1.807) is 0 Å². The number of aliphatic hydroxyl groups is 1. The highest BCUT2D eigenvalue weighted by atomic mass is 35.5. The Balaban J connectivity index is 1.26. The van der Waals surface area contributed by atoms with Gasteiger partial charge in [-0.25, -0.2) is 0 Å². The van der Waals surface area contributed by atoms with E-state index >= 15 is 0 Å². The van der Waals surface area contributed by atoms with E-state index in [-0.39, 0.29) is 61.5 Å². The smallest absolute Gasteiger partial charge is 0.419 e. The third-order valence-corrected chi connectivity index (χ3v) is 10.2. The van der Waals surface area contributed by atoms with Crippen LogP contribution in [-0.4, -0.2) is 94.0 Å². The van der Waals surface area contributed by atoms with Crippen molar-refractivity contribution >= 4 is 29.0 Å². The maximum atomic E-state index is 14.1. The topological polar surface area (TPSA) is 114 Å². The summed E-state index contributed by atoms with van der Waals surface area (Å²) in [5.74, 6) is -0.632. The number of alkyl halides is 3. The minimum Gasteiger partial charge on any atom is -0.508 e. The van der Waals surface area contributed by atoms with Crippen LogP contribution >= 0.6 is 11.6 Å². The fourth-order valence-electron chi connectivity index (χ4n) is 7.91. The van der Waals surface area contributed by atoms with Crippen LogP contribution in [0.5, 0.6) is 11.8 Å². The fraction of sp³-hybridized carbons (Fsp3) is 0.621. The van der Waals surface area contributed by atoms with E-state index in [1.165, 1.54) is 0 Å². The predicted molar refractivity (Wildman–Crippen MR) is 152 cm³/mol. The van der Waals surface area contributed by atoms with Crippen molar-refractivity contribution in [1.82, 2.24) is 20.2 Å². The molecule has 4 saturated heterocycles. The Hall–Kier alpha value is -2.87. The molecule has 10 nitrogen and oxygen atoms in total. The number of carbonyl (C=O) groups is 1. The van der Waals surface area contributed by atoms with Crippen molar-refractivity contribution in [1.29, 1.82) is 0 Å². The Morgan fingerprint density at radius 2 is 1.88 bits per heavy atom. The lowest BCUT2D eigenvalue weighted by Crippen LogP contribution is -2.52. The molecule has 5 aliphatic rings. The summed E-state index contributed by atoms with van der Waals surface area (Å²) >= 11 is 5.94. The van der Waals surface area contributed by atoms with E-state index in [9.17, 15) is 28.2 Å². The second-order valence-electron chi connectivity index (χ2n) is 12.4. The minimum atomic E-state index is -4.86. The number of halogens is 4. The maximum Gasteiger partial charge on any atom is 0.419 e. The number of aromatic hydroxyl groups is 1. The number of rotatable bonds is 6. The Morgan fingerprint density at radius 3 is 2.60 bits per heavy atom. The average Bonchev–Trinajstić information content (AvgIpc) is 3.63. The number of fused-ring (bicyclic) bond motifs is 4. The van der Waals surface area contributed by atoms with Crippen LogP contribution in [0.25, 0.3) is 0 Å². The molecule has 2 aromatic rings. The zero-order valence-electron chi connectivity index (χ0n) is 23.5. The third kappa shape index (κ3) is 4.98. The lowest BCUT2D eigenvalue weighted by Gasteiger charge is -2.37. The van der Waals surface area contributed by atoms with Gasteiger partial charge in [-0.1, -0.05) is 11.6 Å². The van der Waals surface area contributed by atoms with E-state index in [1.807, 2.05) is 0 Å².